The van der Waals surface area contributed by atoms with E-state index in [-0.39, 0.29) is 17.9 Å². The van der Waals surface area contributed by atoms with Crippen LogP contribution in [0.3, 0.4) is 0 Å². The number of thiophene rings is 2. The van der Waals surface area contributed by atoms with E-state index < -0.39 is 0 Å². The largest absolute Gasteiger partial charge is 0.449 e. The molecule has 0 spiro atoms. The number of rotatable bonds is 5. The minimum atomic E-state index is -0.243. The van der Waals surface area contributed by atoms with Crippen molar-refractivity contribution in [2.75, 3.05) is 25.0 Å². The van der Waals surface area contributed by atoms with Crippen LogP contribution in [0.2, 0.25) is 0 Å². The summed E-state index contributed by atoms with van der Waals surface area (Å²) < 4.78 is 5.52. The van der Waals surface area contributed by atoms with Crippen molar-refractivity contribution in [1.29, 1.82) is 5.26 Å². The number of carbonyl (C=O) groups excluding carboxylic acids is 2. The van der Waals surface area contributed by atoms with Gasteiger partial charge in [0.15, 0.2) is 0 Å². The number of ether oxygens (including phenoxy) is 1. The molecular weight excluding hydrogens is 418 g/mol. The second-order valence-corrected chi connectivity index (χ2v) is 9.46. The zero-order valence-corrected chi connectivity index (χ0v) is 18.2. The number of hydrogen-bond acceptors (Lipinski definition) is 6. The molecule has 1 aliphatic carbocycles. The highest BCUT2D eigenvalue weighted by Gasteiger charge is 2.28. The summed E-state index contributed by atoms with van der Waals surface area (Å²) in [6.45, 7) is 1.97. The van der Waals surface area contributed by atoms with Gasteiger partial charge in [0.05, 0.1) is 12.2 Å². The SMILES string of the molecule is N#Cc1c(NC(=O)/C=C/c2ccsc2)sc2c1CCC(COC(=O)N1CCCC1)C2. The van der Waals surface area contributed by atoms with Gasteiger partial charge in [0, 0.05) is 24.0 Å². The zero-order chi connectivity index (χ0) is 20.9. The van der Waals surface area contributed by atoms with E-state index in [1.807, 2.05) is 16.8 Å². The molecule has 30 heavy (non-hydrogen) atoms. The maximum atomic E-state index is 12.3. The molecule has 1 fully saturated rings. The average Bonchev–Trinajstić information content (AvgIpc) is 3.51. The van der Waals surface area contributed by atoms with E-state index in [4.69, 9.17) is 4.74 Å². The number of nitrogens with one attached hydrogen (secondary N) is 1. The van der Waals surface area contributed by atoms with Gasteiger partial charge < -0.3 is 15.0 Å². The Hall–Kier alpha value is -2.63. The fourth-order valence-electron chi connectivity index (χ4n) is 3.88. The Kier molecular flexibility index (Phi) is 6.50. The zero-order valence-electron chi connectivity index (χ0n) is 16.6. The molecule has 156 valence electrons. The van der Waals surface area contributed by atoms with Crippen LogP contribution in [-0.4, -0.2) is 36.6 Å². The lowest BCUT2D eigenvalue weighted by Gasteiger charge is -2.23. The number of hydrogen-bond donors (Lipinski definition) is 1. The highest BCUT2D eigenvalue weighted by Crippen LogP contribution is 2.39. The van der Waals surface area contributed by atoms with E-state index in [1.54, 1.807) is 22.3 Å². The van der Waals surface area contributed by atoms with Crippen molar-refractivity contribution in [2.24, 2.45) is 5.92 Å². The summed E-state index contributed by atoms with van der Waals surface area (Å²) in [5.74, 6) is 0.00340. The third-order valence-corrected chi connectivity index (χ3v) is 7.36. The van der Waals surface area contributed by atoms with Crippen LogP contribution in [0.15, 0.2) is 22.9 Å². The quantitative estimate of drug-likeness (QED) is 0.684. The van der Waals surface area contributed by atoms with Gasteiger partial charge in [-0.2, -0.15) is 16.6 Å². The monoisotopic (exact) mass is 441 g/mol. The van der Waals surface area contributed by atoms with Crippen molar-refractivity contribution in [3.8, 4) is 6.07 Å². The first kappa shape index (κ1) is 20.6. The Bertz CT molecular complexity index is 982. The number of nitriles is 1. The van der Waals surface area contributed by atoms with Gasteiger partial charge in [-0.15, -0.1) is 11.3 Å². The molecule has 2 aromatic heterocycles. The standard InChI is InChI=1S/C22H23N3O3S2/c23-12-18-17-5-3-16(13-28-22(27)25-8-1-2-9-25)11-19(17)30-21(18)24-20(26)6-4-15-7-10-29-14-15/h4,6-7,10,14,16H,1-3,5,8-9,11,13H2,(H,24,26)/b6-4+. The summed E-state index contributed by atoms with van der Waals surface area (Å²) in [5.41, 5.74) is 2.58. The predicted molar refractivity (Wildman–Crippen MR) is 119 cm³/mol. The van der Waals surface area contributed by atoms with E-state index in [2.05, 4.69) is 11.4 Å². The minimum Gasteiger partial charge on any atom is -0.449 e. The van der Waals surface area contributed by atoms with E-state index in [0.717, 1.165) is 61.2 Å². The van der Waals surface area contributed by atoms with Crippen LogP contribution in [0, 0.1) is 17.2 Å². The first-order valence-electron chi connectivity index (χ1n) is 10.1. The van der Waals surface area contributed by atoms with Gasteiger partial charge in [0.25, 0.3) is 0 Å². The summed E-state index contributed by atoms with van der Waals surface area (Å²) in [7, 11) is 0. The van der Waals surface area contributed by atoms with Gasteiger partial charge in [0.2, 0.25) is 5.91 Å². The highest BCUT2D eigenvalue weighted by molar-refractivity contribution is 7.16. The fourth-order valence-corrected chi connectivity index (χ4v) is 5.82. The molecule has 6 nitrogen and oxygen atoms in total. The summed E-state index contributed by atoms with van der Waals surface area (Å²) in [4.78, 5) is 27.3. The Morgan fingerprint density at radius 3 is 2.93 bits per heavy atom. The van der Waals surface area contributed by atoms with E-state index in [9.17, 15) is 14.9 Å². The molecule has 0 radical (unpaired) electrons. The molecule has 2 aliphatic rings. The van der Waals surface area contributed by atoms with Crippen LogP contribution in [0.4, 0.5) is 9.80 Å². The molecule has 8 heteroatoms. The van der Waals surface area contributed by atoms with Crippen molar-refractivity contribution < 1.29 is 14.3 Å². The number of carbonyl (C=O) groups is 2. The van der Waals surface area contributed by atoms with Gasteiger partial charge in [0.1, 0.15) is 11.1 Å². The molecule has 1 N–H and O–H groups in total. The molecule has 2 aromatic rings. The Morgan fingerprint density at radius 1 is 1.37 bits per heavy atom. The maximum absolute atomic E-state index is 12.3. The highest BCUT2D eigenvalue weighted by atomic mass is 32.1. The minimum absolute atomic E-state index is 0.215. The van der Waals surface area contributed by atoms with E-state index in [1.165, 1.54) is 17.4 Å². The smallest absolute Gasteiger partial charge is 0.409 e. The lowest BCUT2D eigenvalue weighted by molar-refractivity contribution is -0.111. The molecular formula is C22H23N3O3S2. The van der Waals surface area contributed by atoms with E-state index in [0.29, 0.717) is 17.2 Å². The molecule has 0 bridgehead atoms. The first-order chi connectivity index (χ1) is 14.6. The van der Waals surface area contributed by atoms with Crippen LogP contribution >= 0.6 is 22.7 Å². The molecule has 2 amide bonds. The van der Waals surface area contributed by atoms with E-state index >= 15 is 0 Å². The molecule has 1 atom stereocenters. The topological polar surface area (TPSA) is 82.4 Å². The summed E-state index contributed by atoms with van der Waals surface area (Å²) in [6, 6.07) is 4.20. The number of fused-ring (bicyclic) bond motifs is 1. The lowest BCUT2D eigenvalue weighted by Crippen LogP contribution is -2.30. The van der Waals surface area contributed by atoms with Crippen LogP contribution in [0.1, 0.15) is 40.8 Å². The molecule has 1 saturated heterocycles. The molecule has 4 rings (SSSR count). The van der Waals surface area contributed by atoms with Gasteiger partial charge in [-0.25, -0.2) is 4.79 Å². The molecule has 0 saturated carbocycles. The summed E-state index contributed by atoms with van der Waals surface area (Å²) >= 11 is 3.04. The molecule has 1 aliphatic heterocycles. The van der Waals surface area contributed by atoms with Gasteiger partial charge in [-0.3, -0.25) is 4.79 Å². The van der Waals surface area contributed by atoms with Crippen molar-refractivity contribution >= 4 is 45.8 Å². The molecule has 3 heterocycles. The Morgan fingerprint density at radius 2 is 2.20 bits per heavy atom. The van der Waals surface area contributed by atoms with Gasteiger partial charge in [-0.05, 0) is 72.1 Å². The van der Waals surface area contributed by atoms with Crippen LogP contribution < -0.4 is 5.32 Å². The van der Waals surface area contributed by atoms with Crippen molar-refractivity contribution in [3.63, 3.8) is 0 Å². The lowest BCUT2D eigenvalue weighted by atomic mass is 9.88. The van der Waals surface area contributed by atoms with Crippen molar-refractivity contribution in [2.45, 2.75) is 32.1 Å². The van der Waals surface area contributed by atoms with Crippen molar-refractivity contribution in [3.05, 3.63) is 44.5 Å². The number of amides is 2. The second kappa shape index (κ2) is 9.45. The number of nitrogens with zero attached hydrogens (tertiary/aromatic N) is 2. The predicted octanol–water partition coefficient (Wildman–Crippen LogP) is 4.67. The van der Waals surface area contributed by atoms with Gasteiger partial charge in [-0.1, -0.05) is 0 Å². The van der Waals surface area contributed by atoms with Crippen molar-refractivity contribution in [1.82, 2.24) is 4.90 Å². The first-order valence-corrected chi connectivity index (χ1v) is 11.9. The van der Waals surface area contributed by atoms with Crippen LogP contribution in [-0.2, 0) is 22.4 Å². The van der Waals surface area contributed by atoms with Crippen LogP contribution in [0.25, 0.3) is 6.08 Å². The summed E-state index contributed by atoms with van der Waals surface area (Å²) in [5, 5.41) is 17.0. The Balaban J connectivity index is 1.37. The molecule has 1 unspecified atom stereocenters. The molecule has 0 aromatic carbocycles. The summed E-state index contributed by atoms with van der Waals surface area (Å²) in [6.07, 6.45) is 7.53. The second-order valence-electron chi connectivity index (χ2n) is 7.58. The van der Waals surface area contributed by atoms with Crippen LogP contribution in [0.5, 0.6) is 0 Å². The van der Waals surface area contributed by atoms with Gasteiger partial charge >= 0.3 is 6.09 Å². The maximum Gasteiger partial charge on any atom is 0.409 e. The Labute approximate surface area is 183 Å². The number of likely N-dealkylation sites (tertiary alicyclic amines) is 1. The fraction of sp³-hybridized carbons (Fsp3) is 0.409. The number of anilines is 1. The average molecular weight is 442 g/mol. The third kappa shape index (κ3) is 4.74. The third-order valence-electron chi connectivity index (χ3n) is 5.49. The normalized spacial score (nSPS) is 18.2.